The minimum atomic E-state index is -0.440. The predicted molar refractivity (Wildman–Crippen MR) is 122 cm³/mol. The quantitative estimate of drug-likeness (QED) is 0.498. The van der Waals surface area contributed by atoms with Crippen LogP contribution in [-0.2, 0) is 9.59 Å². The molecule has 1 aliphatic heterocycles. The molecular formula is C25H27N4O3+. The van der Waals surface area contributed by atoms with Crippen molar-refractivity contribution in [1.29, 1.82) is 0 Å². The van der Waals surface area contributed by atoms with Crippen molar-refractivity contribution in [2.75, 3.05) is 6.54 Å². The lowest BCUT2D eigenvalue weighted by molar-refractivity contribution is -0.577. The van der Waals surface area contributed by atoms with Crippen molar-refractivity contribution in [3.63, 3.8) is 0 Å². The molecule has 0 saturated carbocycles. The van der Waals surface area contributed by atoms with Crippen molar-refractivity contribution in [1.82, 2.24) is 14.7 Å². The van der Waals surface area contributed by atoms with E-state index in [0.717, 1.165) is 11.1 Å². The van der Waals surface area contributed by atoms with E-state index in [1.807, 2.05) is 76.5 Å². The molecule has 0 spiro atoms. The van der Waals surface area contributed by atoms with Gasteiger partial charge in [-0.2, -0.15) is 4.57 Å². The first-order valence-electron chi connectivity index (χ1n) is 10.7. The number of amides is 2. The highest BCUT2D eigenvalue weighted by Crippen LogP contribution is 2.30. The van der Waals surface area contributed by atoms with Crippen LogP contribution in [0.1, 0.15) is 36.2 Å². The number of nitrogens with one attached hydrogen (secondary N) is 1. The zero-order valence-corrected chi connectivity index (χ0v) is 19.0. The number of hydrogen-bond acceptors (Lipinski definition) is 3. The molecule has 32 heavy (non-hydrogen) atoms. The van der Waals surface area contributed by atoms with Crippen LogP contribution in [0.4, 0.5) is 0 Å². The number of hydrogen-bond donors (Lipinski definition) is 1. The van der Waals surface area contributed by atoms with Crippen LogP contribution in [-0.4, -0.2) is 33.0 Å². The van der Waals surface area contributed by atoms with Gasteiger partial charge < -0.3 is 0 Å². The molecule has 0 atom stereocenters. The first kappa shape index (κ1) is 21.5. The first-order valence-corrected chi connectivity index (χ1v) is 10.7. The van der Waals surface area contributed by atoms with Gasteiger partial charge in [-0.15, -0.1) is 0 Å². The number of H-pyrrole nitrogens is 1. The summed E-state index contributed by atoms with van der Waals surface area (Å²) in [6.07, 6.45) is 3.62. The molecule has 4 rings (SSSR count). The van der Waals surface area contributed by atoms with Gasteiger partial charge in [0.2, 0.25) is 0 Å². The van der Waals surface area contributed by atoms with Gasteiger partial charge in [-0.25, -0.2) is 4.68 Å². The van der Waals surface area contributed by atoms with E-state index in [4.69, 9.17) is 0 Å². The van der Waals surface area contributed by atoms with E-state index in [1.165, 1.54) is 9.58 Å². The third kappa shape index (κ3) is 3.60. The van der Waals surface area contributed by atoms with Gasteiger partial charge in [0.15, 0.2) is 12.4 Å². The van der Waals surface area contributed by atoms with Crippen LogP contribution in [0.5, 0.6) is 0 Å². The number of pyridine rings is 1. The Balaban J connectivity index is 1.99. The Hall–Kier alpha value is -3.74. The molecule has 2 aromatic heterocycles. The van der Waals surface area contributed by atoms with Gasteiger partial charge in [0.05, 0.1) is 11.3 Å². The Morgan fingerprint density at radius 3 is 2.16 bits per heavy atom. The van der Waals surface area contributed by atoms with Crippen molar-refractivity contribution >= 4 is 23.1 Å². The summed E-state index contributed by atoms with van der Waals surface area (Å²) in [5.74, 6) is -0.731. The Kier molecular flexibility index (Phi) is 5.42. The van der Waals surface area contributed by atoms with Crippen LogP contribution >= 0.6 is 0 Å². The number of carbonyl (C=O) groups is 2. The maximum Gasteiger partial charge on any atom is 0.326 e. The molecule has 0 radical (unpaired) electrons. The lowest BCUT2D eigenvalue weighted by Gasteiger charge is -2.16. The fraction of sp³-hybridized carbons (Fsp3) is 0.280. The van der Waals surface area contributed by atoms with Gasteiger partial charge in [0.1, 0.15) is 5.57 Å². The summed E-state index contributed by atoms with van der Waals surface area (Å²) in [6, 6.07) is 11.1. The average molecular weight is 432 g/mol. The largest absolute Gasteiger partial charge is 0.326 e. The number of carbonyl (C=O) groups excluding carboxylic acids is 2. The van der Waals surface area contributed by atoms with Gasteiger partial charge in [-0.05, 0) is 44.9 Å². The Labute approximate surface area is 186 Å². The summed E-state index contributed by atoms with van der Waals surface area (Å²) in [4.78, 5) is 41.7. The summed E-state index contributed by atoms with van der Waals surface area (Å²) >= 11 is 0. The number of rotatable bonds is 5. The molecular weight excluding hydrogens is 404 g/mol. The topological polar surface area (TPSA) is 79.1 Å². The number of nitrogens with zero attached hydrogens (tertiary/aromatic N) is 3. The molecule has 7 nitrogen and oxygen atoms in total. The molecule has 3 heterocycles. The van der Waals surface area contributed by atoms with Crippen LogP contribution in [0.3, 0.4) is 0 Å². The second-order valence-corrected chi connectivity index (χ2v) is 8.72. The fourth-order valence-corrected chi connectivity index (χ4v) is 4.20. The van der Waals surface area contributed by atoms with Gasteiger partial charge in [-0.1, -0.05) is 32.0 Å². The highest BCUT2D eigenvalue weighted by molar-refractivity contribution is 6.44. The van der Waals surface area contributed by atoms with Crippen LogP contribution in [0.2, 0.25) is 0 Å². The molecule has 0 bridgehead atoms. The normalized spacial score (nSPS) is 14.2. The lowest BCUT2D eigenvalue weighted by atomic mass is 10.0. The molecule has 0 fully saturated rings. The molecule has 0 aliphatic carbocycles. The lowest BCUT2D eigenvalue weighted by Crippen LogP contribution is -2.41. The maximum absolute atomic E-state index is 13.5. The standard InChI is InChI=1S/C25H26N4O3/c1-15(2)12-28-23(30)21(22(25(28)32)27-13-16(3)11-17(4)14-27)20-18(5)26-29(24(20)31)19-9-7-6-8-10-19/h6-11,13-15H,12H2,1-5H3/p+1. The van der Waals surface area contributed by atoms with E-state index in [9.17, 15) is 14.4 Å². The minimum absolute atomic E-state index is 0.0982. The summed E-state index contributed by atoms with van der Waals surface area (Å²) < 4.78 is 3.09. The second kappa shape index (κ2) is 8.07. The van der Waals surface area contributed by atoms with Crippen LogP contribution in [0.15, 0.2) is 53.6 Å². The number of benzene rings is 1. The highest BCUT2D eigenvalue weighted by atomic mass is 16.2. The van der Waals surface area contributed by atoms with Gasteiger partial charge >= 0.3 is 5.91 Å². The summed E-state index contributed by atoms with van der Waals surface area (Å²) in [7, 11) is 0. The predicted octanol–water partition coefficient (Wildman–Crippen LogP) is 2.77. The fourth-order valence-electron chi connectivity index (χ4n) is 4.20. The van der Waals surface area contributed by atoms with Crippen molar-refractivity contribution in [3.05, 3.63) is 81.5 Å². The molecule has 1 N–H and O–H groups in total. The molecule has 2 amide bonds. The van der Waals surface area contributed by atoms with Gasteiger partial charge in [-0.3, -0.25) is 24.4 Å². The Bertz CT molecular complexity index is 1290. The van der Waals surface area contributed by atoms with E-state index in [1.54, 1.807) is 11.5 Å². The zero-order chi connectivity index (χ0) is 23.2. The molecule has 1 aromatic carbocycles. The SMILES string of the molecule is Cc1cc(C)c[n+](C2=C(c3c(C)[nH]n(-c4ccccc4)c3=O)C(=O)N(CC(C)C)C2=O)c1. The first-order chi connectivity index (χ1) is 15.2. The third-order valence-electron chi connectivity index (χ3n) is 5.43. The summed E-state index contributed by atoms with van der Waals surface area (Å²) in [5.41, 5.74) is 3.30. The zero-order valence-electron chi connectivity index (χ0n) is 19.0. The number of para-hydroxylation sites is 1. The number of aromatic amines is 1. The van der Waals surface area contributed by atoms with Crippen LogP contribution < -0.4 is 10.1 Å². The molecule has 1 aliphatic rings. The van der Waals surface area contributed by atoms with Gasteiger partial charge in [0, 0.05) is 23.4 Å². The summed E-state index contributed by atoms with van der Waals surface area (Å²) in [5, 5.41) is 3.07. The van der Waals surface area contributed by atoms with Crippen LogP contribution in [0, 0.1) is 26.7 Å². The van der Waals surface area contributed by atoms with Crippen molar-refractivity contribution < 1.29 is 14.2 Å². The van der Waals surface area contributed by atoms with E-state index in [0.29, 0.717) is 11.4 Å². The number of imide groups is 1. The van der Waals surface area contributed by atoms with E-state index < -0.39 is 5.91 Å². The van der Waals surface area contributed by atoms with E-state index in [-0.39, 0.29) is 40.8 Å². The molecule has 0 unspecified atom stereocenters. The number of aromatic nitrogens is 3. The van der Waals surface area contributed by atoms with Crippen LogP contribution in [0.25, 0.3) is 17.0 Å². The minimum Gasteiger partial charge on any atom is -0.295 e. The second-order valence-electron chi connectivity index (χ2n) is 8.72. The maximum atomic E-state index is 13.5. The summed E-state index contributed by atoms with van der Waals surface area (Å²) in [6.45, 7) is 9.79. The highest BCUT2D eigenvalue weighted by Gasteiger charge is 2.47. The van der Waals surface area contributed by atoms with E-state index in [2.05, 4.69) is 5.10 Å². The third-order valence-corrected chi connectivity index (χ3v) is 5.43. The smallest absolute Gasteiger partial charge is 0.295 e. The number of aryl methyl sites for hydroxylation is 3. The molecule has 0 saturated heterocycles. The molecule has 3 aromatic rings. The molecule has 164 valence electrons. The Morgan fingerprint density at radius 1 is 0.938 bits per heavy atom. The van der Waals surface area contributed by atoms with Crippen molar-refractivity contribution in [2.24, 2.45) is 5.92 Å². The Morgan fingerprint density at radius 2 is 1.56 bits per heavy atom. The average Bonchev–Trinajstić information content (AvgIpc) is 3.14. The van der Waals surface area contributed by atoms with Crippen molar-refractivity contribution in [2.45, 2.75) is 34.6 Å². The van der Waals surface area contributed by atoms with Crippen molar-refractivity contribution in [3.8, 4) is 5.69 Å². The monoisotopic (exact) mass is 431 g/mol. The molecule has 7 heteroatoms. The van der Waals surface area contributed by atoms with Gasteiger partial charge in [0.25, 0.3) is 17.2 Å². The van der Waals surface area contributed by atoms with E-state index >= 15 is 0 Å².